The van der Waals surface area contributed by atoms with Gasteiger partial charge in [0.25, 0.3) is 0 Å². The lowest BCUT2D eigenvalue weighted by Gasteiger charge is -2.24. The Bertz CT molecular complexity index is 318. The lowest BCUT2D eigenvalue weighted by atomic mass is 9.91. The van der Waals surface area contributed by atoms with E-state index in [2.05, 4.69) is 6.58 Å². The molecular weight excluding hydrogens is 196 g/mol. The van der Waals surface area contributed by atoms with Crippen LogP contribution in [0.25, 0.3) is 0 Å². The van der Waals surface area contributed by atoms with Crippen LogP contribution in [0, 0.1) is 0 Å². The van der Waals surface area contributed by atoms with Crippen molar-refractivity contribution in [3.63, 3.8) is 0 Å². The first kappa shape index (κ1) is 11.3. The maximum absolute atomic E-state index is 10.2. The molecule has 0 saturated heterocycles. The minimum absolute atomic E-state index is 0.613. The highest BCUT2D eigenvalue weighted by molar-refractivity contribution is 6.31. The van der Waals surface area contributed by atoms with Crippen molar-refractivity contribution < 1.29 is 5.11 Å². The van der Waals surface area contributed by atoms with E-state index in [4.69, 9.17) is 11.6 Å². The van der Waals surface area contributed by atoms with E-state index in [1.54, 1.807) is 19.1 Å². The van der Waals surface area contributed by atoms with Gasteiger partial charge in [0.05, 0.1) is 5.60 Å². The van der Waals surface area contributed by atoms with Crippen molar-refractivity contribution in [3.8, 4) is 0 Å². The van der Waals surface area contributed by atoms with E-state index in [0.29, 0.717) is 11.4 Å². The van der Waals surface area contributed by atoms with Gasteiger partial charge in [0, 0.05) is 10.6 Å². The van der Waals surface area contributed by atoms with E-state index in [0.717, 1.165) is 12.0 Å². The number of allylic oxidation sites excluding steroid dienone is 1. The molecule has 2 heteroatoms. The molecule has 0 aliphatic rings. The molecule has 1 unspecified atom stereocenters. The Balaban J connectivity index is 2.91. The first-order valence-corrected chi connectivity index (χ1v) is 5.04. The van der Waals surface area contributed by atoms with Crippen LogP contribution < -0.4 is 0 Å². The normalized spacial score (nSPS) is 14.8. The number of hydrogen-bond donors (Lipinski definition) is 1. The van der Waals surface area contributed by atoms with Crippen LogP contribution in [0.5, 0.6) is 0 Å². The van der Waals surface area contributed by atoms with Gasteiger partial charge in [-0.05, 0) is 25.8 Å². The van der Waals surface area contributed by atoms with Gasteiger partial charge < -0.3 is 5.11 Å². The van der Waals surface area contributed by atoms with E-state index in [1.165, 1.54) is 0 Å². The van der Waals surface area contributed by atoms with E-state index in [1.807, 2.05) is 18.2 Å². The van der Waals surface area contributed by atoms with Gasteiger partial charge in [-0.25, -0.2) is 0 Å². The zero-order chi connectivity index (χ0) is 10.6. The molecule has 0 aliphatic heterocycles. The van der Waals surface area contributed by atoms with Crippen molar-refractivity contribution in [3.05, 3.63) is 47.5 Å². The van der Waals surface area contributed by atoms with Gasteiger partial charge in [0.15, 0.2) is 0 Å². The third kappa shape index (κ3) is 2.60. The lowest BCUT2D eigenvalue weighted by Crippen LogP contribution is -2.21. The number of benzene rings is 1. The Labute approximate surface area is 90.0 Å². The summed E-state index contributed by atoms with van der Waals surface area (Å²) in [5, 5.41) is 10.8. The lowest BCUT2D eigenvalue weighted by molar-refractivity contribution is 0.0489. The second kappa shape index (κ2) is 4.63. The highest BCUT2D eigenvalue weighted by Crippen LogP contribution is 2.31. The largest absolute Gasteiger partial charge is 0.385 e. The summed E-state index contributed by atoms with van der Waals surface area (Å²) in [7, 11) is 0. The van der Waals surface area contributed by atoms with Gasteiger partial charge in [0.1, 0.15) is 0 Å². The maximum Gasteiger partial charge on any atom is 0.0885 e. The molecule has 1 nitrogen and oxygen atoms in total. The predicted octanol–water partition coefficient (Wildman–Crippen LogP) is 3.51. The van der Waals surface area contributed by atoms with E-state index in [-0.39, 0.29) is 0 Å². The summed E-state index contributed by atoms with van der Waals surface area (Å²) in [4.78, 5) is 0. The quantitative estimate of drug-likeness (QED) is 0.755. The molecule has 0 fully saturated rings. The molecule has 0 aromatic heterocycles. The standard InChI is InChI=1S/C12H15ClO/c1-3-4-9-12(2,14)10-7-5-6-8-11(10)13/h3,5-8,14H,1,4,9H2,2H3. The minimum atomic E-state index is -0.869. The summed E-state index contributed by atoms with van der Waals surface area (Å²) in [6, 6.07) is 7.38. The van der Waals surface area contributed by atoms with Crippen molar-refractivity contribution in [2.45, 2.75) is 25.4 Å². The van der Waals surface area contributed by atoms with Gasteiger partial charge in [-0.2, -0.15) is 0 Å². The van der Waals surface area contributed by atoms with Gasteiger partial charge in [-0.3, -0.25) is 0 Å². The summed E-state index contributed by atoms with van der Waals surface area (Å²) < 4.78 is 0. The minimum Gasteiger partial charge on any atom is -0.385 e. The molecule has 14 heavy (non-hydrogen) atoms. The molecular formula is C12H15ClO. The van der Waals surface area contributed by atoms with E-state index >= 15 is 0 Å². The fourth-order valence-corrected chi connectivity index (χ4v) is 1.76. The Hall–Kier alpha value is -0.790. The molecule has 0 aliphatic carbocycles. The molecule has 1 aromatic carbocycles. The molecule has 1 atom stereocenters. The van der Waals surface area contributed by atoms with Gasteiger partial charge in [-0.15, -0.1) is 6.58 Å². The summed E-state index contributed by atoms with van der Waals surface area (Å²) in [6.45, 7) is 5.41. The SMILES string of the molecule is C=CCCC(C)(O)c1ccccc1Cl. The number of rotatable bonds is 4. The van der Waals surface area contributed by atoms with E-state index < -0.39 is 5.60 Å². The first-order chi connectivity index (χ1) is 6.58. The second-order valence-electron chi connectivity index (χ2n) is 3.58. The molecule has 0 saturated carbocycles. The zero-order valence-electron chi connectivity index (χ0n) is 8.33. The molecule has 1 aromatic rings. The molecule has 0 bridgehead atoms. The second-order valence-corrected chi connectivity index (χ2v) is 3.99. The van der Waals surface area contributed by atoms with Crippen LogP contribution in [0.3, 0.4) is 0 Å². The Morgan fingerprint density at radius 1 is 1.50 bits per heavy atom. The number of halogens is 1. The van der Waals surface area contributed by atoms with Gasteiger partial charge in [0.2, 0.25) is 0 Å². The van der Waals surface area contributed by atoms with Crippen LogP contribution in [0.15, 0.2) is 36.9 Å². The van der Waals surface area contributed by atoms with Gasteiger partial charge in [-0.1, -0.05) is 35.9 Å². The fraction of sp³-hybridized carbons (Fsp3) is 0.333. The molecule has 76 valence electrons. The maximum atomic E-state index is 10.2. The average Bonchev–Trinajstić information content (AvgIpc) is 2.15. The third-order valence-corrected chi connectivity index (χ3v) is 2.62. The summed E-state index contributed by atoms with van der Waals surface area (Å²) in [5.74, 6) is 0. The smallest absolute Gasteiger partial charge is 0.0885 e. The first-order valence-electron chi connectivity index (χ1n) is 4.66. The molecule has 0 spiro atoms. The van der Waals surface area contributed by atoms with Crippen molar-refractivity contribution in [2.75, 3.05) is 0 Å². The fourth-order valence-electron chi connectivity index (χ4n) is 1.42. The summed E-state index contributed by atoms with van der Waals surface area (Å²) >= 11 is 6.00. The molecule has 0 radical (unpaired) electrons. The van der Waals surface area contributed by atoms with Crippen LogP contribution in [0.4, 0.5) is 0 Å². The van der Waals surface area contributed by atoms with Crippen LogP contribution in [-0.4, -0.2) is 5.11 Å². The molecule has 1 N–H and O–H groups in total. The monoisotopic (exact) mass is 210 g/mol. The van der Waals surface area contributed by atoms with Crippen LogP contribution in [-0.2, 0) is 5.60 Å². The average molecular weight is 211 g/mol. The van der Waals surface area contributed by atoms with Crippen molar-refractivity contribution in [2.24, 2.45) is 0 Å². The van der Waals surface area contributed by atoms with E-state index in [9.17, 15) is 5.11 Å². The predicted molar refractivity (Wildman–Crippen MR) is 60.5 cm³/mol. The van der Waals surface area contributed by atoms with Crippen LogP contribution in [0.2, 0.25) is 5.02 Å². The third-order valence-electron chi connectivity index (χ3n) is 2.29. The number of hydrogen-bond acceptors (Lipinski definition) is 1. The highest BCUT2D eigenvalue weighted by atomic mass is 35.5. The van der Waals surface area contributed by atoms with Crippen LogP contribution >= 0.6 is 11.6 Å². The Kier molecular flexibility index (Phi) is 3.73. The van der Waals surface area contributed by atoms with Crippen molar-refractivity contribution >= 4 is 11.6 Å². The number of aliphatic hydroxyl groups is 1. The summed E-state index contributed by atoms with van der Waals surface area (Å²) in [6.07, 6.45) is 3.21. The highest BCUT2D eigenvalue weighted by Gasteiger charge is 2.24. The van der Waals surface area contributed by atoms with Gasteiger partial charge >= 0.3 is 0 Å². The molecule has 1 rings (SSSR count). The Morgan fingerprint density at radius 3 is 2.71 bits per heavy atom. The van der Waals surface area contributed by atoms with Crippen molar-refractivity contribution in [1.82, 2.24) is 0 Å². The van der Waals surface area contributed by atoms with Crippen LogP contribution in [0.1, 0.15) is 25.3 Å². The molecule has 0 heterocycles. The zero-order valence-corrected chi connectivity index (χ0v) is 9.09. The molecule has 0 amide bonds. The topological polar surface area (TPSA) is 20.2 Å². The Morgan fingerprint density at radius 2 is 2.14 bits per heavy atom. The van der Waals surface area contributed by atoms with Crippen molar-refractivity contribution in [1.29, 1.82) is 0 Å². The summed E-state index contributed by atoms with van der Waals surface area (Å²) in [5.41, 5.74) is -0.0875.